The maximum Gasteiger partial charge on any atom is 0.244 e. The first-order valence-corrected chi connectivity index (χ1v) is 11.0. The van der Waals surface area contributed by atoms with Crippen LogP contribution in [0, 0.1) is 0 Å². The SMILES string of the molecule is c1ccc(CN2CCC[C@H]2c2nc(-c3ccc(OC4CCCCC4)nc3)no2)nc1. The van der Waals surface area contributed by atoms with E-state index in [0.29, 0.717) is 23.7 Å². The molecule has 30 heavy (non-hydrogen) atoms. The van der Waals surface area contributed by atoms with Gasteiger partial charge in [-0.2, -0.15) is 4.98 Å². The van der Waals surface area contributed by atoms with E-state index in [0.717, 1.165) is 50.0 Å². The van der Waals surface area contributed by atoms with Crippen LogP contribution < -0.4 is 4.74 Å². The van der Waals surface area contributed by atoms with Crippen LogP contribution in [0.5, 0.6) is 5.88 Å². The van der Waals surface area contributed by atoms with Gasteiger partial charge in [0.2, 0.25) is 17.6 Å². The van der Waals surface area contributed by atoms with E-state index in [-0.39, 0.29) is 6.04 Å². The minimum atomic E-state index is 0.134. The van der Waals surface area contributed by atoms with Crippen molar-refractivity contribution in [1.29, 1.82) is 0 Å². The number of ether oxygens (including phenoxy) is 1. The van der Waals surface area contributed by atoms with E-state index in [1.807, 2.05) is 30.5 Å². The van der Waals surface area contributed by atoms with Crippen molar-refractivity contribution in [2.75, 3.05) is 6.54 Å². The average Bonchev–Trinajstić information content (AvgIpc) is 3.45. The van der Waals surface area contributed by atoms with E-state index in [1.54, 1.807) is 6.20 Å². The van der Waals surface area contributed by atoms with Gasteiger partial charge in [-0.1, -0.05) is 17.6 Å². The van der Waals surface area contributed by atoms with Gasteiger partial charge in [0.05, 0.1) is 11.7 Å². The first-order chi connectivity index (χ1) is 14.8. The third-order valence-corrected chi connectivity index (χ3v) is 6.02. The van der Waals surface area contributed by atoms with Crippen LogP contribution in [0.3, 0.4) is 0 Å². The zero-order valence-electron chi connectivity index (χ0n) is 17.1. The Balaban J connectivity index is 1.25. The Morgan fingerprint density at radius 3 is 2.73 bits per heavy atom. The fourth-order valence-electron chi connectivity index (χ4n) is 4.42. The standard InChI is InChI=1S/C23H27N5O2/c1-2-8-19(9-3-1)29-21-12-11-17(15-25-21)22-26-23(30-27-22)20-10-6-14-28(20)16-18-7-4-5-13-24-18/h4-5,7,11-13,15,19-20H,1-3,6,8-10,14,16H2/t20-/m0/s1. The minimum absolute atomic E-state index is 0.134. The fourth-order valence-corrected chi connectivity index (χ4v) is 4.42. The first kappa shape index (κ1) is 19.2. The number of nitrogens with zero attached hydrogens (tertiary/aromatic N) is 5. The van der Waals surface area contributed by atoms with Gasteiger partial charge in [0.15, 0.2) is 0 Å². The number of pyridine rings is 2. The van der Waals surface area contributed by atoms with Gasteiger partial charge >= 0.3 is 0 Å². The van der Waals surface area contributed by atoms with Crippen LogP contribution >= 0.6 is 0 Å². The molecule has 7 nitrogen and oxygen atoms in total. The Morgan fingerprint density at radius 2 is 1.93 bits per heavy atom. The number of aromatic nitrogens is 4. The van der Waals surface area contributed by atoms with Gasteiger partial charge in [-0.3, -0.25) is 9.88 Å². The molecule has 1 atom stereocenters. The fraction of sp³-hybridized carbons (Fsp3) is 0.478. The van der Waals surface area contributed by atoms with E-state index >= 15 is 0 Å². The average molecular weight is 406 g/mol. The maximum atomic E-state index is 6.02. The van der Waals surface area contributed by atoms with Crippen LogP contribution in [0.4, 0.5) is 0 Å². The molecular weight excluding hydrogens is 378 g/mol. The molecule has 7 heteroatoms. The molecule has 1 saturated heterocycles. The van der Waals surface area contributed by atoms with E-state index < -0.39 is 0 Å². The van der Waals surface area contributed by atoms with Gasteiger partial charge in [-0.15, -0.1) is 0 Å². The Labute approximate surface area is 176 Å². The Kier molecular flexibility index (Phi) is 5.70. The molecule has 0 unspecified atom stereocenters. The first-order valence-electron chi connectivity index (χ1n) is 11.0. The molecule has 0 bridgehead atoms. The molecule has 2 fully saturated rings. The predicted molar refractivity (Wildman–Crippen MR) is 112 cm³/mol. The van der Waals surface area contributed by atoms with Crippen molar-refractivity contribution in [3.63, 3.8) is 0 Å². The van der Waals surface area contributed by atoms with Crippen LogP contribution in [0.1, 0.15) is 62.6 Å². The second kappa shape index (κ2) is 8.92. The predicted octanol–water partition coefficient (Wildman–Crippen LogP) is 4.58. The minimum Gasteiger partial charge on any atom is -0.474 e. The third kappa shape index (κ3) is 4.36. The molecule has 156 valence electrons. The second-order valence-corrected chi connectivity index (χ2v) is 8.17. The lowest BCUT2D eigenvalue weighted by molar-refractivity contribution is 0.148. The van der Waals surface area contributed by atoms with Gasteiger partial charge in [0.25, 0.3) is 0 Å². The summed E-state index contributed by atoms with van der Waals surface area (Å²) < 4.78 is 11.7. The van der Waals surface area contributed by atoms with Gasteiger partial charge in [0, 0.05) is 30.6 Å². The molecule has 0 amide bonds. The summed E-state index contributed by atoms with van der Waals surface area (Å²) in [5, 5.41) is 4.21. The molecule has 1 aliphatic heterocycles. The van der Waals surface area contributed by atoms with E-state index in [1.165, 1.54) is 19.3 Å². The topological polar surface area (TPSA) is 77.2 Å². The second-order valence-electron chi connectivity index (χ2n) is 8.17. The van der Waals surface area contributed by atoms with Gasteiger partial charge in [0.1, 0.15) is 6.10 Å². The van der Waals surface area contributed by atoms with Crippen molar-refractivity contribution in [1.82, 2.24) is 25.0 Å². The Bertz CT molecular complexity index is 938. The summed E-state index contributed by atoms with van der Waals surface area (Å²) in [5.74, 6) is 1.92. The summed E-state index contributed by atoms with van der Waals surface area (Å²) in [5.41, 5.74) is 1.90. The largest absolute Gasteiger partial charge is 0.474 e. The quantitative estimate of drug-likeness (QED) is 0.594. The summed E-state index contributed by atoms with van der Waals surface area (Å²) in [7, 11) is 0. The van der Waals surface area contributed by atoms with E-state index in [9.17, 15) is 0 Å². The molecule has 0 N–H and O–H groups in total. The molecule has 1 saturated carbocycles. The highest BCUT2D eigenvalue weighted by Crippen LogP contribution is 2.33. The van der Waals surface area contributed by atoms with E-state index in [2.05, 4.69) is 31.1 Å². The number of likely N-dealkylation sites (tertiary alicyclic amines) is 1. The molecule has 0 spiro atoms. The highest BCUT2D eigenvalue weighted by molar-refractivity contribution is 5.53. The molecule has 1 aliphatic carbocycles. The van der Waals surface area contributed by atoms with Crippen molar-refractivity contribution in [3.8, 4) is 17.3 Å². The summed E-state index contributed by atoms with van der Waals surface area (Å²) in [6, 6.07) is 10.0. The molecule has 3 aromatic heterocycles. The van der Waals surface area contributed by atoms with Crippen LogP contribution in [-0.4, -0.2) is 37.7 Å². The number of hydrogen-bond donors (Lipinski definition) is 0. The Hall–Kier alpha value is -2.80. The molecule has 5 rings (SSSR count). The lowest BCUT2D eigenvalue weighted by Crippen LogP contribution is -2.23. The molecule has 0 radical (unpaired) electrons. The summed E-state index contributed by atoms with van der Waals surface area (Å²) in [6.07, 6.45) is 12.1. The highest BCUT2D eigenvalue weighted by Gasteiger charge is 2.31. The van der Waals surface area contributed by atoms with Crippen LogP contribution in [0.15, 0.2) is 47.2 Å². The summed E-state index contributed by atoms with van der Waals surface area (Å²) in [6.45, 7) is 1.80. The number of rotatable bonds is 6. The van der Waals surface area contributed by atoms with Crippen molar-refractivity contribution < 1.29 is 9.26 Å². The smallest absolute Gasteiger partial charge is 0.244 e. The van der Waals surface area contributed by atoms with Crippen molar-refractivity contribution in [2.24, 2.45) is 0 Å². The normalized spacial score (nSPS) is 20.5. The van der Waals surface area contributed by atoms with Gasteiger partial charge < -0.3 is 9.26 Å². The summed E-state index contributed by atoms with van der Waals surface area (Å²) >= 11 is 0. The van der Waals surface area contributed by atoms with Crippen molar-refractivity contribution in [2.45, 2.75) is 63.6 Å². The van der Waals surface area contributed by atoms with Gasteiger partial charge in [-0.05, 0) is 63.3 Å². The summed E-state index contributed by atoms with van der Waals surface area (Å²) in [4.78, 5) is 15.9. The van der Waals surface area contributed by atoms with Crippen LogP contribution in [0.25, 0.3) is 11.4 Å². The van der Waals surface area contributed by atoms with E-state index in [4.69, 9.17) is 9.26 Å². The monoisotopic (exact) mass is 405 g/mol. The highest BCUT2D eigenvalue weighted by atomic mass is 16.5. The van der Waals surface area contributed by atoms with Gasteiger partial charge in [-0.25, -0.2) is 4.98 Å². The van der Waals surface area contributed by atoms with Crippen molar-refractivity contribution >= 4 is 0 Å². The molecule has 2 aliphatic rings. The van der Waals surface area contributed by atoms with Crippen molar-refractivity contribution in [3.05, 3.63) is 54.3 Å². The van der Waals surface area contributed by atoms with Crippen LogP contribution in [0.2, 0.25) is 0 Å². The molecule has 3 aromatic rings. The number of hydrogen-bond acceptors (Lipinski definition) is 7. The maximum absolute atomic E-state index is 6.02. The van der Waals surface area contributed by atoms with Crippen LogP contribution in [-0.2, 0) is 6.54 Å². The zero-order chi connectivity index (χ0) is 20.2. The zero-order valence-corrected chi connectivity index (χ0v) is 17.1. The molecule has 4 heterocycles. The lowest BCUT2D eigenvalue weighted by atomic mass is 9.98. The third-order valence-electron chi connectivity index (χ3n) is 6.02. The molecular formula is C23H27N5O2. The molecule has 0 aromatic carbocycles. The Morgan fingerprint density at radius 1 is 1.00 bits per heavy atom. The lowest BCUT2D eigenvalue weighted by Gasteiger charge is -2.22.